The van der Waals surface area contributed by atoms with Gasteiger partial charge in [-0.3, -0.25) is 10.1 Å². The van der Waals surface area contributed by atoms with Gasteiger partial charge in [0.15, 0.2) is 5.13 Å². The van der Waals surface area contributed by atoms with Gasteiger partial charge in [-0.1, -0.05) is 23.2 Å². The standard InChI is InChI=1S/C16H13Cl2N3OS2/c1-8-14(23-9(2)20-8)15(22)21-16-19-7-12(24-16)6-10-5-11(17)3-4-13(10)18/h3-5,7H,6H2,1-2H3,(H,19,21,22). The third-order valence-corrected chi connectivity index (χ3v) is 5.84. The maximum absolute atomic E-state index is 12.3. The highest BCUT2D eigenvalue weighted by molar-refractivity contribution is 7.16. The minimum atomic E-state index is -0.181. The summed E-state index contributed by atoms with van der Waals surface area (Å²) < 4.78 is 0. The lowest BCUT2D eigenvalue weighted by molar-refractivity contribution is 0.103. The molecule has 0 unspecified atom stereocenters. The summed E-state index contributed by atoms with van der Waals surface area (Å²) in [6, 6.07) is 5.37. The number of nitrogens with one attached hydrogen (secondary N) is 1. The molecular weight excluding hydrogens is 385 g/mol. The van der Waals surface area contributed by atoms with E-state index in [9.17, 15) is 4.79 Å². The van der Waals surface area contributed by atoms with Crippen LogP contribution in [-0.2, 0) is 6.42 Å². The van der Waals surface area contributed by atoms with Crippen molar-refractivity contribution in [3.63, 3.8) is 0 Å². The van der Waals surface area contributed by atoms with E-state index >= 15 is 0 Å². The van der Waals surface area contributed by atoms with E-state index in [0.29, 0.717) is 26.5 Å². The third kappa shape index (κ3) is 3.95. The van der Waals surface area contributed by atoms with Gasteiger partial charge in [-0.25, -0.2) is 9.97 Å². The number of carbonyl (C=O) groups is 1. The first-order valence-electron chi connectivity index (χ1n) is 7.06. The molecule has 1 N–H and O–H groups in total. The van der Waals surface area contributed by atoms with Gasteiger partial charge in [0.05, 0.1) is 10.7 Å². The quantitative estimate of drug-likeness (QED) is 0.643. The van der Waals surface area contributed by atoms with Crippen molar-refractivity contribution in [3.05, 3.63) is 60.5 Å². The Labute approximate surface area is 157 Å². The zero-order chi connectivity index (χ0) is 17.3. The van der Waals surface area contributed by atoms with Crippen molar-refractivity contribution < 1.29 is 4.79 Å². The third-order valence-electron chi connectivity index (χ3n) is 3.26. The number of anilines is 1. The second-order valence-electron chi connectivity index (χ2n) is 5.15. The normalized spacial score (nSPS) is 10.8. The molecule has 0 radical (unpaired) electrons. The predicted octanol–water partition coefficient (Wildman–Crippen LogP) is 5.37. The molecule has 0 bridgehead atoms. The Morgan fingerprint density at radius 1 is 1.25 bits per heavy atom. The summed E-state index contributed by atoms with van der Waals surface area (Å²) in [5.41, 5.74) is 1.66. The van der Waals surface area contributed by atoms with Crippen LogP contribution in [0, 0.1) is 13.8 Å². The maximum atomic E-state index is 12.3. The van der Waals surface area contributed by atoms with E-state index in [1.807, 2.05) is 19.9 Å². The first-order chi connectivity index (χ1) is 11.4. The molecule has 3 rings (SSSR count). The summed E-state index contributed by atoms with van der Waals surface area (Å²) in [4.78, 5) is 22.4. The van der Waals surface area contributed by atoms with E-state index in [1.165, 1.54) is 22.7 Å². The molecule has 0 fully saturated rings. The minimum Gasteiger partial charge on any atom is -0.297 e. The summed E-state index contributed by atoms with van der Waals surface area (Å²) in [6.45, 7) is 3.71. The molecule has 8 heteroatoms. The molecule has 0 atom stereocenters. The van der Waals surface area contributed by atoms with Gasteiger partial charge in [-0.2, -0.15) is 0 Å². The number of hydrogen-bond acceptors (Lipinski definition) is 5. The summed E-state index contributed by atoms with van der Waals surface area (Å²) in [7, 11) is 0. The second kappa shape index (κ2) is 7.19. The first-order valence-corrected chi connectivity index (χ1v) is 9.45. The van der Waals surface area contributed by atoms with Crippen LogP contribution in [0.5, 0.6) is 0 Å². The molecule has 124 valence electrons. The Balaban J connectivity index is 1.73. The van der Waals surface area contributed by atoms with Crippen molar-refractivity contribution in [2.75, 3.05) is 5.32 Å². The highest BCUT2D eigenvalue weighted by Gasteiger charge is 2.15. The molecule has 3 aromatic rings. The van der Waals surface area contributed by atoms with Crippen LogP contribution >= 0.6 is 45.9 Å². The minimum absolute atomic E-state index is 0.181. The molecule has 0 spiro atoms. The van der Waals surface area contributed by atoms with Gasteiger partial charge >= 0.3 is 0 Å². The van der Waals surface area contributed by atoms with Gasteiger partial charge in [0.25, 0.3) is 5.91 Å². The first kappa shape index (κ1) is 17.4. The summed E-state index contributed by atoms with van der Waals surface area (Å²) in [6.07, 6.45) is 2.36. The van der Waals surface area contributed by atoms with Crippen LogP contribution in [0.3, 0.4) is 0 Å². The lowest BCUT2D eigenvalue weighted by Crippen LogP contribution is -2.11. The number of benzene rings is 1. The van der Waals surface area contributed by atoms with Crippen LogP contribution in [-0.4, -0.2) is 15.9 Å². The van der Waals surface area contributed by atoms with E-state index in [4.69, 9.17) is 23.2 Å². The molecule has 24 heavy (non-hydrogen) atoms. The Kier molecular flexibility index (Phi) is 5.20. The molecule has 2 heterocycles. The smallest absolute Gasteiger partial charge is 0.269 e. The van der Waals surface area contributed by atoms with Crippen molar-refractivity contribution in [2.24, 2.45) is 0 Å². The van der Waals surface area contributed by atoms with Gasteiger partial charge in [-0.05, 0) is 37.6 Å². The fourth-order valence-electron chi connectivity index (χ4n) is 2.21. The van der Waals surface area contributed by atoms with Gasteiger partial charge in [-0.15, -0.1) is 22.7 Å². The number of amides is 1. The zero-order valence-corrected chi connectivity index (χ0v) is 16.0. The molecule has 0 saturated carbocycles. The average Bonchev–Trinajstić information content (AvgIpc) is 3.09. The Bertz CT molecular complexity index is 905. The van der Waals surface area contributed by atoms with Crippen molar-refractivity contribution >= 4 is 56.9 Å². The van der Waals surface area contributed by atoms with Crippen molar-refractivity contribution in [1.82, 2.24) is 9.97 Å². The SMILES string of the molecule is Cc1nc(C)c(C(=O)Nc2ncc(Cc3cc(Cl)ccc3Cl)s2)s1. The molecular formula is C16H13Cl2N3OS2. The molecule has 1 aromatic carbocycles. The van der Waals surface area contributed by atoms with E-state index < -0.39 is 0 Å². The lowest BCUT2D eigenvalue weighted by Gasteiger charge is -2.02. The fraction of sp³-hybridized carbons (Fsp3) is 0.188. The van der Waals surface area contributed by atoms with Crippen LogP contribution in [0.2, 0.25) is 10.0 Å². The van der Waals surface area contributed by atoms with Crippen LogP contribution in [0.1, 0.15) is 30.8 Å². The highest BCUT2D eigenvalue weighted by atomic mass is 35.5. The van der Waals surface area contributed by atoms with Crippen LogP contribution in [0.15, 0.2) is 24.4 Å². The van der Waals surface area contributed by atoms with Gasteiger partial charge < -0.3 is 0 Å². The molecule has 1 amide bonds. The van der Waals surface area contributed by atoms with Crippen LogP contribution < -0.4 is 5.32 Å². The van der Waals surface area contributed by atoms with E-state index in [-0.39, 0.29) is 5.91 Å². The zero-order valence-electron chi connectivity index (χ0n) is 12.9. The Morgan fingerprint density at radius 2 is 2.04 bits per heavy atom. The Morgan fingerprint density at radius 3 is 2.75 bits per heavy atom. The number of carbonyl (C=O) groups excluding carboxylic acids is 1. The number of aromatic nitrogens is 2. The number of thiazole rings is 2. The molecule has 0 aliphatic heterocycles. The van der Waals surface area contributed by atoms with Crippen LogP contribution in [0.4, 0.5) is 5.13 Å². The maximum Gasteiger partial charge on any atom is 0.269 e. The molecule has 0 aliphatic carbocycles. The van der Waals surface area contributed by atoms with E-state index in [1.54, 1.807) is 18.3 Å². The summed E-state index contributed by atoms with van der Waals surface area (Å²) >= 11 is 15.0. The molecule has 2 aromatic heterocycles. The largest absolute Gasteiger partial charge is 0.297 e. The van der Waals surface area contributed by atoms with E-state index in [0.717, 1.165) is 21.1 Å². The summed E-state index contributed by atoms with van der Waals surface area (Å²) in [5, 5.41) is 5.55. The monoisotopic (exact) mass is 397 g/mol. The lowest BCUT2D eigenvalue weighted by atomic mass is 10.1. The van der Waals surface area contributed by atoms with Gasteiger partial charge in [0, 0.05) is 27.5 Å². The number of halogens is 2. The molecule has 4 nitrogen and oxygen atoms in total. The fourth-order valence-corrected chi connectivity index (χ4v) is 4.23. The Hall–Kier alpha value is -1.47. The average molecular weight is 398 g/mol. The van der Waals surface area contributed by atoms with Crippen molar-refractivity contribution in [1.29, 1.82) is 0 Å². The molecule has 0 aliphatic rings. The van der Waals surface area contributed by atoms with Gasteiger partial charge in [0.1, 0.15) is 4.88 Å². The van der Waals surface area contributed by atoms with Gasteiger partial charge in [0.2, 0.25) is 0 Å². The number of nitrogens with zero attached hydrogens (tertiary/aromatic N) is 2. The number of rotatable bonds is 4. The van der Waals surface area contributed by atoms with Crippen molar-refractivity contribution in [2.45, 2.75) is 20.3 Å². The van der Waals surface area contributed by atoms with Crippen molar-refractivity contribution in [3.8, 4) is 0 Å². The van der Waals surface area contributed by atoms with Crippen LogP contribution in [0.25, 0.3) is 0 Å². The highest BCUT2D eigenvalue weighted by Crippen LogP contribution is 2.27. The van der Waals surface area contributed by atoms with E-state index in [2.05, 4.69) is 15.3 Å². The second-order valence-corrected chi connectivity index (χ2v) is 8.31. The topological polar surface area (TPSA) is 54.9 Å². The summed E-state index contributed by atoms with van der Waals surface area (Å²) in [5.74, 6) is -0.181. The number of aryl methyl sites for hydroxylation is 2. The predicted molar refractivity (Wildman–Crippen MR) is 101 cm³/mol. The number of hydrogen-bond donors (Lipinski definition) is 1. The molecule has 0 saturated heterocycles.